The molecule has 9 heavy (non-hydrogen) atoms. The lowest BCUT2D eigenvalue weighted by Gasteiger charge is -2.01. The van der Waals surface area contributed by atoms with Crippen molar-refractivity contribution in [2.45, 2.75) is 0 Å². The maximum absolute atomic E-state index is 10.1. The molecule has 0 atom stereocenters. The van der Waals surface area contributed by atoms with Crippen LogP contribution in [0.5, 0.6) is 0 Å². The molecule has 0 aromatic carbocycles. The van der Waals surface area contributed by atoms with Crippen LogP contribution < -0.4 is 5.11 Å². The number of carboxylic acid groups (broad SMARTS) is 1. The Hall–Kier alpha value is -0.710. The quantitative estimate of drug-likeness (QED) is 0.380. The van der Waals surface area contributed by atoms with Gasteiger partial charge in [-0.1, -0.05) is 0 Å². The molecule has 0 spiro atoms. The Morgan fingerprint density at radius 1 is 1.56 bits per heavy atom. The molecule has 0 aliphatic rings. The number of carboxylic acids is 1. The molecule has 0 radical (unpaired) electrons. The van der Waals surface area contributed by atoms with Crippen molar-refractivity contribution in [3.05, 3.63) is 0 Å². The first-order valence-electron chi connectivity index (χ1n) is 2.13. The summed E-state index contributed by atoms with van der Waals surface area (Å²) < 4.78 is 4.08. The Balaban J connectivity index is 3.28. The van der Waals surface area contributed by atoms with Crippen molar-refractivity contribution >= 4 is 24.6 Å². The van der Waals surface area contributed by atoms with Gasteiger partial charge in [-0.05, 0) is 0 Å². The van der Waals surface area contributed by atoms with Gasteiger partial charge in [0.1, 0.15) is 6.61 Å². The lowest BCUT2D eigenvalue weighted by Crippen LogP contribution is -2.29. The molecule has 0 aromatic rings. The molecular formula is C4H5O4S-. The molecular weight excluding hydrogens is 144 g/mol. The highest BCUT2D eigenvalue weighted by Crippen LogP contribution is 1.79. The van der Waals surface area contributed by atoms with Crippen molar-refractivity contribution in [1.29, 1.82) is 0 Å². The number of carbonyl (C=O) groups excluding carboxylic acids is 2. The van der Waals surface area contributed by atoms with Crippen LogP contribution in [0.25, 0.3) is 0 Å². The molecule has 0 saturated carbocycles. The minimum absolute atomic E-state index is 0.118. The molecule has 0 unspecified atom stereocenters. The highest BCUT2D eigenvalue weighted by Gasteiger charge is 1.96. The summed E-state index contributed by atoms with van der Waals surface area (Å²) in [4.78, 5) is 19.7. The number of carbonyl (C=O) groups is 2. The van der Waals surface area contributed by atoms with E-state index in [0.717, 1.165) is 0 Å². The summed E-state index contributed by atoms with van der Waals surface area (Å²) >= 11 is 3.53. The van der Waals surface area contributed by atoms with E-state index in [2.05, 4.69) is 17.4 Å². The highest BCUT2D eigenvalue weighted by molar-refractivity contribution is 7.81. The Morgan fingerprint density at radius 2 is 2.11 bits per heavy atom. The predicted octanol–water partition coefficient (Wildman–Crippen LogP) is -1.79. The first-order chi connectivity index (χ1) is 4.16. The van der Waals surface area contributed by atoms with Gasteiger partial charge in [-0.25, -0.2) is 0 Å². The molecule has 5 heteroatoms. The molecule has 0 N–H and O–H groups in total. The number of aliphatic carboxylic acids is 1. The summed E-state index contributed by atoms with van der Waals surface area (Å²) in [6.07, 6.45) is 0. The maximum atomic E-state index is 10.1. The summed E-state index contributed by atoms with van der Waals surface area (Å²) in [5.74, 6) is -2.19. The second-order valence-corrected chi connectivity index (χ2v) is 1.51. The van der Waals surface area contributed by atoms with Crippen LogP contribution in [0, 0.1) is 0 Å². The van der Waals surface area contributed by atoms with Crippen molar-refractivity contribution in [2.75, 3.05) is 12.4 Å². The second kappa shape index (κ2) is 4.20. The molecule has 0 bridgehead atoms. The van der Waals surface area contributed by atoms with Gasteiger partial charge < -0.3 is 14.6 Å². The van der Waals surface area contributed by atoms with Gasteiger partial charge in [0.25, 0.3) is 0 Å². The molecule has 52 valence electrons. The van der Waals surface area contributed by atoms with Crippen LogP contribution in [-0.4, -0.2) is 24.3 Å². The van der Waals surface area contributed by atoms with E-state index < -0.39 is 18.5 Å². The zero-order valence-electron chi connectivity index (χ0n) is 4.49. The number of ether oxygens (including phenoxy) is 1. The lowest BCUT2D eigenvalue weighted by molar-refractivity contribution is -0.308. The molecule has 0 fully saturated rings. The number of hydrogen-bond acceptors (Lipinski definition) is 5. The van der Waals surface area contributed by atoms with Gasteiger partial charge in [-0.15, -0.1) is 0 Å². The fourth-order valence-corrected chi connectivity index (χ4v) is 0.276. The zero-order valence-corrected chi connectivity index (χ0v) is 5.39. The minimum atomic E-state index is -1.41. The Labute approximate surface area is 57.2 Å². The average Bonchev–Trinajstić information content (AvgIpc) is 1.83. The van der Waals surface area contributed by atoms with Crippen molar-refractivity contribution in [2.24, 2.45) is 0 Å². The van der Waals surface area contributed by atoms with E-state index in [9.17, 15) is 14.7 Å². The molecule has 0 heterocycles. The summed E-state index contributed by atoms with van der Waals surface area (Å²) in [6.45, 7) is -0.695. The molecule has 0 aliphatic heterocycles. The Bertz CT molecular complexity index is 122. The lowest BCUT2D eigenvalue weighted by atomic mass is 10.7. The summed E-state index contributed by atoms with van der Waals surface area (Å²) in [5.41, 5.74) is 0. The maximum Gasteiger partial charge on any atom is 0.316 e. The molecule has 0 saturated heterocycles. The average molecular weight is 149 g/mol. The van der Waals surface area contributed by atoms with Gasteiger partial charge >= 0.3 is 5.97 Å². The molecule has 0 amide bonds. The van der Waals surface area contributed by atoms with Crippen LogP contribution in [0.15, 0.2) is 0 Å². The monoisotopic (exact) mass is 149 g/mol. The van der Waals surface area contributed by atoms with Crippen LogP contribution in [-0.2, 0) is 14.3 Å². The van der Waals surface area contributed by atoms with Crippen molar-refractivity contribution < 1.29 is 19.4 Å². The highest BCUT2D eigenvalue weighted by atomic mass is 32.1. The smallest absolute Gasteiger partial charge is 0.316 e. The summed E-state index contributed by atoms with van der Waals surface area (Å²) in [6, 6.07) is 0. The Morgan fingerprint density at radius 3 is 2.44 bits per heavy atom. The van der Waals surface area contributed by atoms with Crippen molar-refractivity contribution in [1.82, 2.24) is 0 Å². The van der Waals surface area contributed by atoms with Gasteiger partial charge in [-0.3, -0.25) is 4.79 Å². The zero-order chi connectivity index (χ0) is 7.28. The number of rotatable bonds is 3. The minimum Gasteiger partial charge on any atom is -0.546 e. The van der Waals surface area contributed by atoms with E-state index in [0.29, 0.717) is 0 Å². The van der Waals surface area contributed by atoms with Gasteiger partial charge in [0.15, 0.2) is 0 Å². The van der Waals surface area contributed by atoms with Gasteiger partial charge in [0, 0.05) is 0 Å². The van der Waals surface area contributed by atoms with Gasteiger partial charge in [0.05, 0.1) is 11.7 Å². The van der Waals surface area contributed by atoms with E-state index in [-0.39, 0.29) is 5.75 Å². The summed E-state index contributed by atoms with van der Waals surface area (Å²) in [7, 11) is 0. The van der Waals surface area contributed by atoms with Crippen molar-refractivity contribution in [3.63, 3.8) is 0 Å². The first kappa shape index (κ1) is 8.29. The van der Waals surface area contributed by atoms with Crippen LogP contribution >= 0.6 is 12.6 Å². The van der Waals surface area contributed by atoms with E-state index >= 15 is 0 Å². The van der Waals surface area contributed by atoms with E-state index in [1.807, 2.05) is 0 Å². The molecule has 4 nitrogen and oxygen atoms in total. The normalized spacial score (nSPS) is 8.56. The van der Waals surface area contributed by atoms with Crippen molar-refractivity contribution in [3.8, 4) is 0 Å². The van der Waals surface area contributed by atoms with Crippen LogP contribution in [0.2, 0.25) is 0 Å². The van der Waals surface area contributed by atoms with Crippen LogP contribution in [0.4, 0.5) is 0 Å². The topological polar surface area (TPSA) is 66.4 Å². The third-order valence-corrected chi connectivity index (χ3v) is 0.738. The van der Waals surface area contributed by atoms with Gasteiger partial charge in [0.2, 0.25) is 0 Å². The van der Waals surface area contributed by atoms with Crippen LogP contribution in [0.3, 0.4) is 0 Å². The summed E-state index contributed by atoms with van der Waals surface area (Å²) in [5, 5.41) is 9.61. The van der Waals surface area contributed by atoms with Crippen LogP contribution in [0.1, 0.15) is 0 Å². The fraction of sp³-hybridized carbons (Fsp3) is 0.500. The predicted molar refractivity (Wildman–Crippen MR) is 29.8 cm³/mol. The fourth-order valence-electron chi connectivity index (χ4n) is 0.185. The Kier molecular flexibility index (Phi) is 3.87. The standard InChI is InChI=1S/C4H6O4S/c5-3(6)1-8-4(7)2-9/h9H,1-2H2,(H,5,6)/p-1. The third kappa shape index (κ3) is 5.16. The second-order valence-electron chi connectivity index (χ2n) is 1.19. The molecule has 0 aromatic heterocycles. The van der Waals surface area contributed by atoms with E-state index in [4.69, 9.17) is 0 Å². The SMILES string of the molecule is O=C([O-])COC(=O)CS. The number of esters is 1. The molecule has 0 rings (SSSR count). The largest absolute Gasteiger partial charge is 0.546 e. The van der Waals surface area contributed by atoms with E-state index in [1.54, 1.807) is 0 Å². The number of thiol groups is 1. The molecule has 0 aliphatic carbocycles. The first-order valence-corrected chi connectivity index (χ1v) is 2.76. The van der Waals surface area contributed by atoms with Gasteiger partial charge in [-0.2, -0.15) is 12.6 Å². The number of hydrogen-bond donors (Lipinski definition) is 1. The third-order valence-electron chi connectivity index (χ3n) is 0.480. The van der Waals surface area contributed by atoms with E-state index in [1.165, 1.54) is 0 Å².